The van der Waals surface area contributed by atoms with Crippen molar-refractivity contribution in [1.29, 1.82) is 0 Å². The molecule has 0 aliphatic carbocycles. The monoisotopic (exact) mass is 364 g/mol. The van der Waals surface area contributed by atoms with Gasteiger partial charge in [-0.05, 0) is 23.8 Å². The first-order valence-corrected chi connectivity index (χ1v) is 8.08. The van der Waals surface area contributed by atoms with Crippen molar-refractivity contribution in [2.45, 2.75) is 6.42 Å². The largest absolute Gasteiger partial charge is 0.352 e. The second-order valence-corrected chi connectivity index (χ2v) is 6.03. The van der Waals surface area contributed by atoms with Gasteiger partial charge in [-0.1, -0.05) is 35.4 Å². The first-order chi connectivity index (χ1) is 13.0. The predicted molar refractivity (Wildman–Crippen MR) is 89.2 cm³/mol. The fraction of sp³-hybridized carbons (Fsp3) is 0.105. The van der Waals surface area contributed by atoms with E-state index < -0.39 is 36.1 Å². The van der Waals surface area contributed by atoms with Crippen LogP contribution in [0, 0.1) is 0 Å². The average molecular weight is 364 g/mol. The number of amides is 4. The number of hydroxylamine groups is 2. The van der Waals surface area contributed by atoms with Crippen LogP contribution in [0.4, 0.5) is 0 Å². The Balaban J connectivity index is 1.49. The van der Waals surface area contributed by atoms with E-state index in [1.54, 1.807) is 36.4 Å². The molecule has 2 aliphatic heterocycles. The highest BCUT2D eigenvalue weighted by molar-refractivity contribution is 6.21. The summed E-state index contributed by atoms with van der Waals surface area (Å²) in [6.45, 7) is -0.695. The number of rotatable bonds is 3. The van der Waals surface area contributed by atoms with Crippen LogP contribution in [0.5, 0.6) is 0 Å². The molecule has 8 nitrogen and oxygen atoms in total. The van der Waals surface area contributed by atoms with Crippen molar-refractivity contribution in [3.63, 3.8) is 0 Å². The van der Waals surface area contributed by atoms with E-state index >= 15 is 0 Å². The van der Waals surface area contributed by atoms with Gasteiger partial charge in [0.25, 0.3) is 17.7 Å². The van der Waals surface area contributed by atoms with Gasteiger partial charge in [-0.2, -0.15) is 0 Å². The molecule has 8 heteroatoms. The fourth-order valence-electron chi connectivity index (χ4n) is 3.07. The third-order valence-electron chi connectivity index (χ3n) is 4.37. The maximum Gasteiger partial charge on any atom is 0.352 e. The molecule has 2 heterocycles. The lowest BCUT2D eigenvalue weighted by Gasteiger charge is -2.26. The molecule has 0 saturated heterocycles. The van der Waals surface area contributed by atoms with E-state index in [0.717, 1.165) is 4.90 Å². The molecule has 2 aliphatic rings. The highest BCUT2D eigenvalue weighted by Crippen LogP contribution is 2.23. The fourth-order valence-corrected chi connectivity index (χ4v) is 3.07. The molecule has 0 fully saturated rings. The van der Waals surface area contributed by atoms with Gasteiger partial charge in [-0.25, -0.2) is 4.79 Å². The standard InChI is InChI=1S/C19H12N2O6/c22-15-9-11-5-1-2-6-12(11)17(24)20(15)10-16(23)27-21-18(25)13-7-3-4-8-14(13)19(21)26/h1-8H,9-10H2. The zero-order valence-corrected chi connectivity index (χ0v) is 13.9. The van der Waals surface area contributed by atoms with Crippen molar-refractivity contribution in [2.24, 2.45) is 0 Å². The summed E-state index contributed by atoms with van der Waals surface area (Å²) in [5.74, 6) is -3.79. The summed E-state index contributed by atoms with van der Waals surface area (Å²) in [4.78, 5) is 66.9. The second-order valence-electron chi connectivity index (χ2n) is 6.03. The number of hydrogen-bond donors (Lipinski definition) is 0. The van der Waals surface area contributed by atoms with E-state index in [2.05, 4.69) is 0 Å². The van der Waals surface area contributed by atoms with Crippen LogP contribution in [0.1, 0.15) is 36.6 Å². The molecule has 4 rings (SSSR count). The molecular formula is C19H12N2O6. The van der Waals surface area contributed by atoms with Gasteiger partial charge < -0.3 is 4.84 Å². The van der Waals surface area contributed by atoms with Gasteiger partial charge in [-0.15, -0.1) is 0 Å². The van der Waals surface area contributed by atoms with Crippen molar-refractivity contribution in [3.05, 3.63) is 70.8 Å². The average Bonchev–Trinajstić information content (AvgIpc) is 2.90. The maximum atomic E-state index is 12.5. The smallest absolute Gasteiger partial charge is 0.328 e. The van der Waals surface area contributed by atoms with Crippen molar-refractivity contribution in [1.82, 2.24) is 9.96 Å². The molecule has 27 heavy (non-hydrogen) atoms. The molecule has 0 aromatic heterocycles. The number of carbonyl (C=O) groups is 5. The number of nitrogens with zero attached hydrogens (tertiary/aromatic N) is 2. The number of benzene rings is 2. The molecule has 4 amide bonds. The number of fused-ring (bicyclic) bond motifs is 2. The molecular weight excluding hydrogens is 352 g/mol. The summed E-state index contributed by atoms with van der Waals surface area (Å²) in [6, 6.07) is 12.6. The van der Waals surface area contributed by atoms with Crippen molar-refractivity contribution < 1.29 is 28.8 Å². The quantitative estimate of drug-likeness (QED) is 0.752. The predicted octanol–water partition coefficient (Wildman–Crippen LogP) is 0.966. The molecule has 2 aromatic carbocycles. The van der Waals surface area contributed by atoms with Crippen molar-refractivity contribution in [2.75, 3.05) is 6.54 Å². The summed E-state index contributed by atoms with van der Waals surface area (Å²) in [5.41, 5.74) is 1.15. The molecule has 134 valence electrons. The minimum atomic E-state index is -1.06. The Kier molecular flexibility index (Phi) is 3.80. The van der Waals surface area contributed by atoms with E-state index in [-0.39, 0.29) is 17.5 Å². The van der Waals surface area contributed by atoms with Gasteiger partial charge in [0.05, 0.1) is 17.5 Å². The molecule has 0 spiro atoms. The van der Waals surface area contributed by atoms with E-state index in [9.17, 15) is 24.0 Å². The summed E-state index contributed by atoms with van der Waals surface area (Å²) < 4.78 is 0. The Bertz CT molecular complexity index is 993. The SMILES string of the molecule is O=C(CN1C(=O)Cc2ccccc2C1=O)ON1C(=O)c2ccccc2C1=O. The molecule has 0 bridgehead atoms. The van der Waals surface area contributed by atoms with Crippen molar-refractivity contribution in [3.8, 4) is 0 Å². The van der Waals surface area contributed by atoms with Crippen LogP contribution in [0.25, 0.3) is 0 Å². The molecule has 0 N–H and O–H groups in total. The van der Waals surface area contributed by atoms with E-state index in [1.807, 2.05) is 0 Å². The zero-order valence-electron chi connectivity index (χ0n) is 13.9. The van der Waals surface area contributed by atoms with Gasteiger partial charge in [0.2, 0.25) is 5.91 Å². The van der Waals surface area contributed by atoms with Crippen LogP contribution < -0.4 is 0 Å². The normalized spacial score (nSPS) is 15.7. The Hall–Kier alpha value is -3.81. The molecule has 0 radical (unpaired) electrons. The Morgan fingerprint density at radius 2 is 1.37 bits per heavy atom. The lowest BCUT2D eigenvalue weighted by Crippen LogP contribution is -2.46. The minimum absolute atomic E-state index is 0.0256. The number of carbonyl (C=O) groups excluding carboxylic acids is 5. The van der Waals surface area contributed by atoms with Crippen molar-refractivity contribution >= 4 is 29.6 Å². The van der Waals surface area contributed by atoms with Gasteiger partial charge in [0.15, 0.2) is 0 Å². The summed E-state index contributed by atoms with van der Waals surface area (Å²) in [7, 11) is 0. The number of hydrogen-bond acceptors (Lipinski definition) is 6. The summed E-state index contributed by atoms with van der Waals surface area (Å²) >= 11 is 0. The van der Waals surface area contributed by atoms with E-state index in [0.29, 0.717) is 16.2 Å². The van der Waals surface area contributed by atoms with Gasteiger partial charge in [0.1, 0.15) is 6.54 Å². The van der Waals surface area contributed by atoms with Crippen LogP contribution in [0.15, 0.2) is 48.5 Å². The highest BCUT2D eigenvalue weighted by atomic mass is 16.7. The number of imide groups is 2. The first kappa shape index (κ1) is 16.6. The summed E-state index contributed by atoms with van der Waals surface area (Å²) in [5, 5.41) is 0.347. The van der Waals surface area contributed by atoms with Crippen LogP contribution >= 0.6 is 0 Å². The Labute approximate surface area is 152 Å². The topological polar surface area (TPSA) is 101 Å². The van der Waals surface area contributed by atoms with Crippen LogP contribution in [0.2, 0.25) is 0 Å². The molecule has 0 unspecified atom stereocenters. The maximum absolute atomic E-state index is 12.5. The molecule has 0 atom stereocenters. The van der Waals surface area contributed by atoms with Gasteiger partial charge in [0, 0.05) is 5.56 Å². The zero-order chi connectivity index (χ0) is 19.1. The van der Waals surface area contributed by atoms with Crippen LogP contribution in [0.3, 0.4) is 0 Å². The third-order valence-corrected chi connectivity index (χ3v) is 4.37. The van der Waals surface area contributed by atoms with Crippen LogP contribution in [-0.4, -0.2) is 46.1 Å². The Morgan fingerprint density at radius 3 is 2.00 bits per heavy atom. The minimum Gasteiger partial charge on any atom is -0.328 e. The van der Waals surface area contributed by atoms with E-state index in [4.69, 9.17) is 4.84 Å². The van der Waals surface area contributed by atoms with Crippen LogP contribution in [-0.2, 0) is 20.8 Å². The second kappa shape index (κ2) is 6.17. The lowest BCUT2D eigenvalue weighted by molar-refractivity contribution is -0.170. The molecule has 0 saturated carbocycles. The van der Waals surface area contributed by atoms with E-state index in [1.165, 1.54) is 12.1 Å². The summed E-state index contributed by atoms with van der Waals surface area (Å²) in [6.07, 6.45) is -0.0256. The lowest BCUT2D eigenvalue weighted by atomic mass is 9.99. The Morgan fingerprint density at radius 1 is 0.815 bits per heavy atom. The third kappa shape index (κ3) is 2.67. The molecule has 2 aromatic rings. The van der Waals surface area contributed by atoms with Gasteiger partial charge in [-0.3, -0.25) is 24.1 Å². The highest BCUT2D eigenvalue weighted by Gasteiger charge is 2.40. The van der Waals surface area contributed by atoms with Gasteiger partial charge >= 0.3 is 5.97 Å². The first-order valence-electron chi connectivity index (χ1n) is 8.08.